The number of anilines is 1. The van der Waals surface area contributed by atoms with Gasteiger partial charge in [-0.3, -0.25) is 0 Å². The Hall–Kier alpha value is -1.70. The Morgan fingerprint density at radius 2 is 2.06 bits per heavy atom. The molecule has 1 aromatic rings. The van der Waals surface area contributed by atoms with Crippen LogP contribution in [0.5, 0.6) is 0 Å². The lowest BCUT2D eigenvalue weighted by molar-refractivity contribution is -0.132. The van der Waals surface area contributed by atoms with Crippen LogP contribution < -0.4 is 5.32 Å². The van der Waals surface area contributed by atoms with Crippen molar-refractivity contribution in [2.75, 3.05) is 5.32 Å². The Bertz CT molecular complexity index is 501. The quantitative estimate of drug-likeness (QED) is 0.520. The van der Waals surface area contributed by atoms with Crippen molar-refractivity contribution < 1.29 is 9.53 Å². The predicted molar refractivity (Wildman–Crippen MR) is 70.2 cm³/mol. The number of nitrogens with one attached hydrogen (secondary N) is 1. The second-order valence-electron chi connectivity index (χ2n) is 3.29. The molecule has 0 amide bonds. The Morgan fingerprint density at radius 3 is 2.56 bits per heavy atom. The summed E-state index contributed by atoms with van der Waals surface area (Å²) in [5.41, 5.74) is 0.708. The van der Waals surface area contributed by atoms with Crippen LogP contribution in [0.1, 0.15) is 13.3 Å². The van der Waals surface area contributed by atoms with Gasteiger partial charge in [0.25, 0.3) is 6.26 Å². The largest absolute Gasteiger partial charge is 0.369 e. The number of esters is 1. The van der Waals surface area contributed by atoms with Crippen LogP contribution in [0.2, 0.25) is 10.0 Å². The zero-order valence-electron chi connectivity index (χ0n) is 9.54. The monoisotopic (exact) mass is 284 g/mol. The smallest absolute Gasteiger partial charge is 0.350 e. The number of rotatable bonds is 4. The highest BCUT2D eigenvalue weighted by Gasteiger charge is 2.11. The Balaban J connectivity index is 2.94. The van der Waals surface area contributed by atoms with Gasteiger partial charge in [-0.1, -0.05) is 36.2 Å². The molecule has 0 aromatic heterocycles. The maximum atomic E-state index is 11.5. The molecule has 1 aromatic carbocycles. The molecule has 94 valence electrons. The number of hydrogen-bond donors (Lipinski definition) is 1. The summed E-state index contributed by atoms with van der Waals surface area (Å²) in [6.45, 7) is 1.85. The molecule has 1 N–H and O–H groups in total. The highest BCUT2D eigenvalue weighted by atomic mass is 35.5. The van der Waals surface area contributed by atoms with Crippen LogP contribution in [0.3, 0.4) is 0 Å². The van der Waals surface area contributed by atoms with Crippen LogP contribution in [0.25, 0.3) is 0 Å². The number of allylic oxidation sites excluding steroid dienone is 1. The third-order valence-electron chi connectivity index (χ3n) is 1.91. The molecule has 6 heteroatoms. The van der Waals surface area contributed by atoms with Gasteiger partial charge in [-0.25, -0.2) is 4.79 Å². The molecule has 0 saturated heterocycles. The van der Waals surface area contributed by atoms with E-state index >= 15 is 0 Å². The summed E-state index contributed by atoms with van der Waals surface area (Å²) in [7, 11) is 0. The van der Waals surface area contributed by atoms with Crippen molar-refractivity contribution in [2.45, 2.75) is 13.3 Å². The summed E-state index contributed by atoms with van der Waals surface area (Å²) < 4.78 is 4.26. The molecule has 0 spiro atoms. The number of nitrogens with zero attached hydrogens (tertiary/aromatic N) is 1. The summed E-state index contributed by atoms with van der Waals surface area (Å²) in [6, 6.07) is 4.79. The number of carbonyl (C=O) groups excluding carboxylic acids is 1. The van der Waals surface area contributed by atoms with Gasteiger partial charge < -0.3 is 10.1 Å². The maximum absolute atomic E-state index is 11.5. The summed E-state index contributed by atoms with van der Waals surface area (Å²) in [6.07, 6.45) is 3.55. The number of nitriles is 1. The van der Waals surface area contributed by atoms with Gasteiger partial charge in [0.2, 0.25) is 0 Å². The molecule has 0 bridgehead atoms. The van der Waals surface area contributed by atoms with Crippen LogP contribution in [0.4, 0.5) is 5.69 Å². The van der Waals surface area contributed by atoms with Crippen molar-refractivity contribution in [3.8, 4) is 6.26 Å². The Morgan fingerprint density at radius 1 is 1.44 bits per heavy atom. The summed E-state index contributed by atoms with van der Waals surface area (Å²) in [5.74, 6) is -0.754. The van der Waals surface area contributed by atoms with E-state index in [0.717, 1.165) is 0 Å². The second kappa shape index (κ2) is 6.90. The first-order chi connectivity index (χ1) is 8.56. The summed E-state index contributed by atoms with van der Waals surface area (Å²) >= 11 is 11.7. The Labute approximate surface area is 115 Å². The van der Waals surface area contributed by atoms with Gasteiger partial charge in [-0.05, 0) is 24.6 Å². The van der Waals surface area contributed by atoms with Gasteiger partial charge in [0.05, 0.1) is 0 Å². The van der Waals surface area contributed by atoms with Crippen molar-refractivity contribution in [3.63, 3.8) is 0 Å². The zero-order valence-corrected chi connectivity index (χ0v) is 11.0. The van der Waals surface area contributed by atoms with E-state index in [1.165, 1.54) is 6.26 Å². The molecule has 18 heavy (non-hydrogen) atoms. The van der Waals surface area contributed by atoms with E-state index < -0.39 is 5.97 Å². The SMILES string of the molecule is CCC=C(Nc1cc(Cl)cc(Cl)c1)C(=O)OC#N. The molecule has 0 fully saturated rings. The first kappa shape index (κ1) is 14.4. The number of hydrogen-bond acceptors (Lipinski definition) is 4. The highest BCUT2D eigenvalue weighted by Crippen LogP contribution is 2.23. The van der Waals surface area contributed by atoms with E-state index in [4.69, 9.17) is 28.5 Å². The standard InChI is InChI=1S/C12H10Cl2N2O2/c1-2-3-11(12(17)18-7-15)16-10-5-8(13)4-9(14)6-10/h3-6,16H,2H2,1H3. The highest BCUT2D eigenvalue weighted by molar-refractivity contribution is 6.35. The fraction of sp³-hybridized carbons (Fsp3) is 0.167. The molecule has 0 radical (unpaired) electrons. The van der Waals surface area contributed by atoms with E-state index in [2.05, 4.69) is 10.1 Å². The lowest BCUT2D eigenvalue weighted by atomic mass is 10.2. The van der Waals surface area contributed by atoms with Gasteiger partial charge in [-0.15, -0.1) is 5.26 Å². The molecule has 0 saturated carbocycles. The summed E-state index contributed by atoms with van der Waals surface area (Å²) in [5, 5.41) is 12.0. The van der Waals surface area contributed by atoms with Gasteiger partial charge in [0.1, 0.15) is 5.70 Å². The van der Waals surface area contributed by atoms with Crippen molar-refractivity contribution in [1.29, 1.82) is 5.26 Å². The molecule has 0 aliphatic rings. The minimum absolute atomic E-state index is 0.164. The van der Waals surface area contributed by atoms with Gasteiger partial charge >= 0.3 is 5.97 Å². The number of halogens is 2. The number of carbonyl (C=O) groups is 1. The third-order valence-corrected chi connectivity index (χ3v) is 2.34. The number of ether oxygens (including phenoxy) is 1. The molecule has 0 atom stereocenters. The van der Waals surface area contributed by atoms with Gasteiger partial charge in [-0.2, -0.15) is 0 Å². The minimum Gasteiger partial charge on any atom is -0.350 e. The van der Waals surface area contributed by atoms with Gasteiger partial charge in [0, 0.05) is 15.7 Å². The molecular formula is C12H10Cl2N2O2. The van der Waals surface area contributed by atoms with Crippen molar-refractivity contribution in [2.24, 2.45) is 0 Å². The molecule has 0 heterocycles. The van der Waals surface area contributed by atoms with Crippen LogP contribution in [-0.4, -0.2) is 5.97 Å². The predicted octanol–water partition coefficient (Wildman–Crippen LogP) is 3.72. The molecule has 0 unspecified atom stereocenters. The van der Waals surface area contributed by atoms with E-state index in [1.54, 1.807) is 24.3 Å². The topological polar surface area (TPSA) is 62.1 Å². The van der Waals surface area contributed by atoms with Crippen molar-refractivity contribution in [3.05, 3.63) is 40.0 Å². The molecular weight excluding hydrogens is 275 g/mol. The van der Waals surface area contributed by atoms with Crippen molar-refractivity contribution in [1.82, 2.24) is 0 Å². The Kier molecular flexibility index (Phi) is 5.50. The second-order valence-corrected chi connectivity index (χ2v) is 4.16. The zero-order chi connectivity index (χ0) is 13.5. The van der Waals surface area contributed by atoms with E-state index in [-0.39, 0.29) is 5.70 Å². The van der Waals surface area contributed by atoms with Crippen LogP contribution >= 0.6 is 23.2 Å². The fourth-order valence-corrected chi connectivity index (χ4v) is 1.79. The lowest BCUT2D eigenvalue weighted by Crippen LogP contribution is -2.12. The normalized spacial score (nSPS) is 10.7. The molecule has 0 aliphatic carbocycles. The van der Waals surface area contributed by atoms with E-state index in [1.807, 2.05) is 6.92 Å². The number of benzene rings is 1. The third kappa shape index (κ3) is 4.28. The lowest BCUT2D eigenvalue weighted by Gasteiger charge is -2.08. The van der Waals surface area contributed by atoms with Gasteiger partial charge in [0.15, 0.2) is 0 Å². The first-order valence-electron chi connectivity index (χ1n) is 5.10. The maximum Gasteiger partial charge on any atom is 0.369 e. The van der Waals surface area contributed by atoms with E-state index in [9.17, 15) is 4.79 Å². The average Bonchev–Trinajstić information content (AvgIpc) is 2.27. The van der Waals surface area contributed by atoms with Crippen LogP contribution in [0.15, 0.2) is 30.0 Å². The average molecular weight is 285 g/mol. The summed E-state index contributed by atoms with van der Waals surface area (Å²) in [4.78, 5) is 11.5. The van der Waals surface area contributed by atoms with E-state index in [0.29, 0.717) is 22.2 Å². The molecule has 1 rings (SSSR count). The van der Waals surface area contributed by atoms with Crippen LogP contribution in [-0.2, 0) is 9.53 Å². The molecule has 4 nitrogen and oxygen atoms in total. The van der Waals surface area contributed by atoms with Crippen LogP contribution in [0, 0.1) is 11.5 Å². The first-order valence-corrected chi connectivity index (χ1v) is 5.86. The minimum atomic E-state index is -0.754. The van der Waals surface area contributed by atoms with Crippen molar-refractivity contribution >= 4 is 34.9 Å². The molecule has 0 aliphatic heterocycles. The fourth-order valence-electron chi connectivity index (χ4n) is 1.27.